The number of carbonyl (C=O) groups is 1. The van der Waals surface area contributed by atoms with Crippen molar-refractivity contribution in [2.24, 2.45) is 0 Å². The molecule has 2 heterocycles. The fourth-order valence-corrected chi connectivity index (χ4v) is 2.27. The van der Waals surface area contributed by atoms with Crippen LogP contribution in [0, 0.1) is 0 Å². The molecule has 3 aromatic rings. The summed E-state index contributed by atoms with van der Waals surface area (Å²) in [7, 11) is 0. The van der Waals surface area contributed by atoms with Crippen molar-refractivity contribution < 1.29 is 13.9 Å². The van der Waals surface area contributed by atoms with E-state index in [4.69, 9.17) is 9.15 Å². The SMILES string of the molecule is CCOc1ccc(NC(=O)c2cncc(NCc3ccco3)c2)cc1. The third kappa shape index (κ3) is 4.60. The maximum absolute atomic E-state index is 12.4. The van der Waals surface area contributed by atoms with Crippen LogP contribution in [0.1, 0.15) is 23.0 Å². The fourth-order valence-electron chi connectivity index (χ4n) is 2.27. The molecule has 25 heavy (non-hydrogen) atoms. The van der Waals surface area contributed by atoms with E-state index < -0.39 is 0 Å². The zero-order valence-corrected chi connectivity index (χ0v) is 13.9. The minimum atomic E-state index is -0.224. The number of benzene rings is 1. The summed E-state index contributed by atoms with van der Waals surface area (Å²) in [5, 5.41) is 6.02. The molecule has 0 radical (unpaired) electrons. The first kappa shape index (κ1) is 16.6. The molecule has 0 aliphatic heterocycles. The normalized spacial score (nSPS) is 10.3. The van der Waals surface area contributed by atoms with Crippen molar-refractivity contribution in [3.63, 3.8) is 0 Å². The smallest absolute Gasteiger partial charge is 0.257 e. The van der Waals surface area contributed by atoms with Crippen LogP contribution in [0.2, 0.25) is 0 Å². The van der Waals surface area contributed by atoms with Crippen molar-refractivity contribution in [1.29, 1.82) is 0 Å². The predicted molar refractivity (Wildman–Crippen MR) is 95.8 cm³/mol. The van der Waals surface area contributed by atoms with E-state index in [1.165, 1.54) is 6.20 Å². The van der Waals surface area contributed by atoms with Crippen molar-refractivity contribution >= 4 is 17.3 Å². The highest BCUT2D eigenvalue weighted by molar-refractivity contribution is 6.04. The molecule has 3 rings (SSSR count). The number of hydrogen-bond donors (Lipinski definition) is 2. The van der Waals surface area contributed by atoms with Gasteiger partial charge in [-0.3, -0.25) is 9.78 Å². The van der Waals surface area contributed by atoms with E-state index in [0.717, 1.165) is 17.2 Å². The molecule has 0 aliphatic rings. The lowest BCUT2D eigenvalue weighted by Crippen LogP contribution is -2.12. The Bertz CT molecular complexity index is 814. The first-order chi connectivity index (χ1) is 12.2. The van der Waals surface area contributed by atoms with Gasteiger partial charge in [0.15, 0.2) is 0 Å². The summed E-state index contributed by atoms with van der Waals surface area (Å²) in [6.45, 7) is 3.06. The molecule has 2 aromatic heterocycles. The highest BCUT2D eigenvalue weighted by Gasteiger charge is 2.08. The van der Waals surface area contributed by atoms with E-state index in [9.17, 15) is 4.79 Å². The van der Waals surface area contributed by atoms with Gasteiger partial charge in [-0.1, -0.05) is 0 Å². The highest BCUT2D eigenvalue weighted by Crippen LogP contribution is 2.17. The molecule has 6 nitrogen and oxygen atoms in total. The molecule has 1 amide bonds. The van der Waals surface area contributed by atoms with E-state index in [2.05, 4.69) is 15.6 Å². The number of nitrogens with one attached hydrogen (secondary N) is 2. The van der Waals surface area contributed by atoms with E-state index in [1.54, 1.807) is 30.7 Å². The summed E-state index contributed by atoms with van der Waals surface area (Å²) in [4.78, 5) is 16.5. The summed E-state index contributed by atoms with van der Waals surface area (Å²) in [6, 6.07) is 12.7. The molecular formula is C19H19N3O3. The maximum atomic E-state index is 12.4. The summed E-state index contributed by atoms with van der Waals surface area (Å²) < 4.78 is 10.7. The van der Waals surface area contributed by atoms with Crippen molar-refractivity contribution in [1.82, 2.24) is 4.98 Å². The Morgan fingerprint density at radius 2 is 2.00 bits per heavy atom. The van der Waals surface area contributed by atoms with Crippen molar-refractivity contribution in [2.75, 3.05) is 17.2 Å². The lowest BCUT2D eigenvalue weighted by atomic mass is 10.2. The zero-order valence-electron chi connectivity index (χ0n) is 13.9. The second-order valence-electron chi connectivity index (χ2n) is 5.31. The second-order valence-corrected chi connectivity index (χ2v) is 5.31. The molecule has 2 N–H and O–H groups in total. The first-order valence-electron chi connectivity index (χ1n) is 8.00. The Morgan fingerprint density at radius 1 is 1.16 bits per heavy atom. The van der Waals surface area contributed by atoms with Crippen LogP contribution in [-0.4, -0.2) is 17.5 Å². The van der Waals surface area contributed by atoms with Gasteiger partial charge in [-0.2, -0.15) is 0 Å². The van der Waals surface area contributed by atoms with Crippen LogP contribution >= 0.6 is 0 Å². The van der Waals surface area contributed by atoms with Crippen LogP contribution in [0.5, 0.6) is 5.75 Å². The molecule has 1 aromatic carbocycles. The van der Waals surface area contributed by atoms with Gasteiger partial charge in [0.2, 0.25) is 0 Å². The predicted octanol–water partition coefficient (Wildman–Crippen LogP) is 3.94. The number of pyridine rings is 1. The summed E-state index contributed by atoms with van der Waals surface area (Å²) in [5.74, 6) is 1.36. The molecule has 0 spiro atoms. The molecule has 6 heteroatoms. The van der Waals surface area contributed by atoms with Gasteiger partial charge in [0.1, 0.15) is 11.5 Å². The largest absolute Gasteiger partial charge is 0.494 e. The standard InChI is InChI=1S/C19H19N3O3/c1-2-24-17-7-5-15(6-8-17)22-19(23)14-10-16(12-20-11-14)21-13-18-4-3-9-25-18/h3-12,21H,2,13H2,1H3,(H,22,23). The molecule has 0 fully saturated rings. The molecule has 0 atom stereocenters. The Balaban J connectivity index is 1.62. The van der Waals surface area contributed by atoms with Crippen LogP contribution in [0.3, 0.4) is 0 Å². The van der Waals surface area contributed by atoms with Crippen molar-refractivity contribution in [3.8, 4) is 5.75 Å². The molecule has 0 aliphatic carbocycles. The van der Waals surface area contributed by atoms with Crippen molar-refractivity contribution in [3.05, 3.63) is 72.4 Å². The Kier molecular flexibility index (Phi) is 5.31. The summed E-state index contributed by atoms with van der Waals surface area (Å²) in [5.41, 5.74) is 1.91. The molecular weight excluding hydrogens is 318 g/mol. The van der Waals surface area contributed by atoms with Crippen molar-refractivity contribution in [2.45, 2.75) is 13.5 Å². The van der Waals surface area contributed by atoms with E-state index >= 15 is 0 Å². The Hall–Kier alpha value is -3.28. The minimum Gasteiger partial charge on any atom is -0.494 e. The Labute approximate surface area is 145 Å². The zero-order chi connectivity index (χ0) is 17.5. The lowest BCUT2D eigenvalue weighted by molar-refractivity contribution is 0.102. The van der Waals surface area contributed by atoms with Gasteiger partial charge < -0.3 is 19.8 Å². The van der Waals surface area contributed by atoms with Crippen LogP contribution in [-0.2, 0) is 6.54 Å². The number of hydrogen-bond acceptors (Lipinski definition) is 5. The van der Waals surface area contributed by atoms with Crippen LogP contribution < -0.4 is 15.4 Å². The molecule has 128 valence electrons. The average molecular weight is 337 g/mol. The lowest BCUT2D eigenvalue weighted by Gasteiger charge is -2.09. The van der Waals surface area contributed by atoms with E-state index in [0.29, 0.717) is 24.4 Å². The quantitative estimate of drug-likeness (QED) is 0.683. The summed E-state index contributed by atoms with van der Waals surface area (Å²) >= 11 is 0. The monoisotopic (exact) mass is 337 g/mol. The molecule has 0 saturated heterocycles. The van der Waals surface area contributed by atoms with Gasteiger partial charge in [-0.15, -0.1) is 0 Å². The number of amides is 1. The number of aromatic nitrogens is 1. The molecule has 0 unspecified atom stereocenters. The van der Waals surface area contributed by atoms with Crippen LogP contribution in [0.4, 0.5) is 11.4 Å². The highest BCUT2D eigenvalue weighted by atomic mass is 16.5. The molecule has 0 saturated carbocycles. The van der Waals surface area contributed by atoms with Gasteiger partial charge in [0, 0.05) is 18.1 Å². The fraction of sp³-hybridized carbons (Fsp3) is 0.158. The number of anilines is 2. The second kappa shape index (κ2) is 8.01. The topological polar surface area (TPSA) is 76.4 Å². The van der Waals surface area contributed by atoms with Gasteiger partial charge in [0.25, 0.3) is 5.91 Å². The van der Waals surface area contributed by atoms with Crippen LogP contribution in [0.25, 0.3) is 0 Å². The Morgan fingerprint density at radius 3 is 2.72 bits per heavy atom. The number of carbonyl (C=O) groups excluding carboxylic acids is 1. The van der Waals surface area contributed by atoms with Crippen LogP contribution in [0.15, 0.2) is 65.5 Å². The average Bonchev–Trinajstić information content (AvgIpc) is 3.16. The van der Waals surface area contributed by atoms with Gasteiger partial charge >= 0.3 is 0 Å². The number of nitrogens with zero attached hydrogens (tertiary/aromatic N) is 1. The molecule has 0 bridgehead atoms. The third-order valence-corrected chi connectivity index (χ3v) is 3.47. The maximum Gasteiger partial charge on any atom is 0.257 e. The first-order valence-corrected chi connectivity index (χ1v) is 8.00. The van der Waals surface area contributed by atoms with Gasteiger partial charge in [-0.05, 0) is 49.4 Å². The van der Waals surface area contributed by atoms with E-state index in [1.807, 2.05) is 31.2 Å². The minimum absolute atomic E-state index is 0.224. The van der Waals surface area contributed by atoms with Gasteiger partial charge in [-0.25, -0.2) is 0 Å². The number of rotatable bonds is 7. The summed E-state index contributed by atoms with van der Waals surface area (Å²) in [6.07, 6.45) is 4.81. The van der Waals surface area contributed by atoms with E-state index in [-0.39, 0.29) is 5.91 Å². The number of furan rings is 1. The van der Waals surface area contributed by atoms with Gasteiger partial charge in [0.05, 0.1) is 30.7 Å². The number of ether oxygens (including phenoxy) is 1. The third-order valence-electron chi connectivity index (χ3n) is 3.47.